The molecule has 0 saturated heterocycles. The molecule has 3 aromatic carbocycles. The molecule has 0 radical (unpaired) electrons. The van der Waals surface area contributed by atoms with Crippen LogP contribution in [0.1, 0.15) is 33.3 Å². The SMILES string of the molecule is CC(C(=O)NC(C)(C)C)N(Cc1ccccc1Cl)C(=O)CN(c1ccccc1Cl)S(=O)(=O)c1ccccc1. The minimum Gasteiger partial charge on any atom is -0.350 e. The van der Waals surface area contributed by atoms with E-state index < -0.39 is 34.1 Å². The van der Waals surface area contributed by atoms with Crippen molar-refractivity contribution in [1.29, 1.82) is 0 Å². The van der Waals surface area contributed by atoms with Crippen molar-refractivity contribution in [1.82, 2.24) is 10.2 Å². The number of amides is 2. The first-order valence-corrected chi connectivity index (χ1v) is 14.2. The molecule has 7 nitrogen and oxygen atoms in total. The van der Waals surface area contributed by atoms with E-state index in [-0.39, 0.29) is 28.1 Å². The third kappa shape index (κ3) is 7.28. The van der Waals surface area contributed by atoms with E-state index in [2.05, 4.69) is 5.32 Å². The van der Waals surface area contributed by atoms with Gasteiger partial charge in [0.05, 0.1) is 15.6 Å². The molecule has 0 aromatic heterocycles. The molecule has 2 amide bonds. The number of anilines is 1. The molecule has 0 aliphatic rings. The fourth-order valence-electron chi connectivity index (χ4n) is 3.75. The quantitative estimate of drug-likeness (QED) is 0.364. The molecule has 1 unspecified atom stereocenters. The maximum Gasteiger partial charge on any atom is 0.264 e. The molecule has 0 aliphatic heterocycles. The van der Waals surface area contributed by atoms with Gasteiger partial charge in [0.15, 0.2) is 0 Å². The molecule has 1 atom stereocenters. The Morgan fingerprint density at radius 3 is 2.00 bits per heavy atom. The second-order valence-electron chi connectivity index (χ2n) is 9.80. The molecule has 0 fully saturated rings. The van der Waals surface area contributed by atoms with Gasteiger partial charge >= 0.3 is 0 Å². The van der Waals surface area contributed by atoms with Crippen molar-refractivity contribution in [2.24, 2.45) is 0 Å². The Balaban J connectivity index is 2.05. The normalized spacial score (nSPS) is 12.5. The van der Waals surface area contributed by atoms with Gasteiger partial charge in [0.25, 0.3) is 10.0 Å². The van der Waals surface area contributed by atoms with Crippen LogP contribution in [-0.2, 0) is 26.2 Å². The second kappa shape index (κ2) is 12.2. The lowest BCUT2D eigenvalue weighted by molar-refractivity contribution is -0.140. The molecule has 0 saturated carbocycles. The Morgan fingerprint density at radius 1 is 0.868 bits per heavy atom. The molecule has 202 valence electrons. The monoisotopic (exact) mass is 575 g/mol. The zero-order chi connectivity index (χ0) is 28.1. The Morgan fingerprint density at radius 2 is 1.42 bits per heavy atom. The molecule has 0 aliphatic carbocycles. The molecule has 10 heteroatoms. The standard InChI is InChI=1S/C28H31Cl2N3O4S/c1-20(27(35)31-28(2,3)4)32(18-21-12-8-9-15-23(21)29)26(34)19-33(25-17-11-10-16-24(25)30)38(36,37)22-13-6-5-7-14-22/h5-17,20H,18-19H2,1-4H3,(H,31,35). The van der Waals surface area contributed by atoms with Gasteiger partial charge in [0.2, 0.25) is 11.8 Å². The number of sulfonamides is 1. The van der Waals surface area contributed by atoms with Crippen LogP contribution in [0, 0.1) is 0 Å². The van der Waals surface area contributed by atoms with Crippen molar-refractivity contribution >= 4 is 50.7 Å². The topological polar surface area (TPSA) is 86.8 Å². The highest BCUT2D eigenvalue weighted by Crippen LogP contribution is 2.31. The highest BCUT2D eigenvalue weighted by Gasteiger charge is 2.34. The smallest absolute Gasteiger partial charge is 0.264 e. The van der Waals surface area contributed by atoms with Crippen LogP contribution < -0.4 is 9.62 Å². The van der Waals surface area contributed by atoms with E-state index in [0.29, 0.717) is 10.6 Å². The number of hydrogen-bond acceptors (Lipinski definition) is 4. The van der Waals surface area contributed by atoms with Gasteiger partial charge in [-0.05, 0) is 63.6 Å². The Labute approximate surface area is 234 Å². The van der Waals surface area contributed by atoms with E-state index >= 15 is 0 Å². The molecular formula is C28H31Cl2N3O4S. The van der Waals surface area contributed by atoms with Crippen molar-refractivity contribution in [3.8, 4) is 0 Å². The highest BCUT2D eigenvalue weighted by molar-refractivity contribution is 7.92. The zero-order valence-electron chi connectivity index (χ0n) is 21.7. The molecule has 1 N–H and O–H groups in total. The van der Waals surface area contributed by atoms with Crippen LogP contribution in [0.15, 0.2) is 83.8 Å². The number of halogens is 2. The number of carbonyl (C=O) groups excluding carboxylic acids is 2. The lowest BCUT2D eigenvalue weighted by Crippen LogP contribution is -2.54. The summed E-state index contributed by atoms with van der Waals surface area (Å²) in [7, 11) is -4.19. The number of para-hydroxylation sites is 1. The number of rotatable bonds is 9. The number of benzene rings is 3. The average molecular weight is 577 g/mol. The van der Waals surface area contributed by atoms with Crippen molar-refractivity contribution in [3.63, 3.8) is 0 Å². The first-order chi connectivity index (χ1) is 17.8. The minimum atomic E-state index is -4.19. The van der Waals surface area contributed by atoms with Crippen LogP contribution in [-0.4, -0.2) is 43.3 Å². The summed E-state index contributed by atoms with van der Waals surface area (Å²) < 4.78 is 28.5. The summed E-state index contributed by atoms with van der Waals surface area (Å²) in [4.78, 5) is 28.3. The van der Waals surface area contributed by atoms with Crippen molar-refractivity contribution in [2.75, 3.05) is 10.8 Å². The summed E-state index contributed by atoms with van der Waals surface area (Å²) in [6, 6.07) is 20.2. The van der Waals surface area contributed by atoms with E-state index in [1.165, 1.54) is 23.1 Å². The van der Waals surface area contributed by atoms with Crippen LogP contribution in [0.3, 0.4) is 0 Å². The van der Waals surface area contributed by atoms with Gasteiger partial charge in [-0.1, -0.05) is 71.7 Å². The highest BCUT2D eigenvalue weighted by atomic mass is 35.5. The summed E-state index contributed by atoms with van der Waals surface area (Å²) >= 11 is 12.8. The van der Waals surface area contributed by atoms with Crippen LogP contribution in [0.4, 0.5) is 5.69 Å². The Bertz CT molecular complexity index is 1390. The lowest BCUT2D eigenvalue weighted by Gasteiger charge is -2.33. The third-order valence-electron chi connectivity index (χ3n) is 5.70. The van der Waals surface area contributed by atoms with E-state index in [9.17, 15) is 18.0 Å². The second-order valence-corrected chi connectivity index (χ2v) is 12.5. The van der Waals surface area contributed by atoms with Gasteiger partial charge in [0, 0.05) is 17.1 Å². The maximum atomic E-state index is 13.9. The fourth-order valence-corrected chi connectivity index (χ4v) is 5.69. The van der Waals surface area contributed by atoms with E-state index in [1.807, 2.05) is 20.8 Å². The molecule has 0 spiro atoms. The van der Waals surface area contributed by atoms with Gasteiger partial charge < -0.3 is 10.2 Å². The van der Waals surface area contributed by atoms with Gasteiger partial charge in [-0.15, -0.1) is 0 Å². The Hall–Kier alpha value is -3.07. The average Bonchev–Trinajstić information content (AvgIpc) is 2.86. The van der Waals surface area contributed by atoms with Gasteiger partial charge in [0.1, 0.15) is 12.6 Å². The van der Waals surface area contributed by atoms with Crippen molar-refractivity contribution in [3.05, 3.63) is 94.5 Å². The number of hydrogen-bond donors (Lipinski definition) is 1. The predicted octanol–water partition coefficient (Wildman–Crippen LogP) is 5.52. The number of nitrogens with zero attached hydrogens (tertiary/aromatic N) is 2. The molecule has 3 rings (SSSR count). The first kappa shape index (κ1) is 29.5. The maximum absolute atomic E-state index is 13.9. The summed E-state index contributed by atoms with van der Waals surface area (Å²) in [5.74, 6) is -0.978. The summed E-state index contributed by atoms with van der Waals surface area (Å²) in [6.07, 6.45) is 0. The molecule has 3 aromatic rings. The largest absolute Gasteiger partial charge is 0.350 e. The predicted molar refractivity (Wildman–Crippen MR) is 152 cm³/mol. The van der Waals surface area contributed by atoms with Gasteiger partial charge in [-0.3, -0.25) is 13.9 Å². The van der Waals surface area contributed by atoms with Gasteiger partial charge in [-0.25, -0.2) is 8.42 Å². The first-order valence-electron chi connectivity index (χ1n) is 12.0. The van der Waals surface area contributed by atoms with E-state index in [1.54, 1.807) is 67.6 Å². The summed E-state index contributed by atoms with van der Waals surface area (Å²) in [6.45, 7) is 6.52. The summed E-state index contributed by atoms with van der Waals surface area (Å²) in [5, 5.41) is 3.47. The van der Waals surface area contributed by atoms with Crippen LogP contribution in [0.5, 0.6) is 0 Å². The zero-order valence-corrected chi connectivity index (χ0v) is 24.0. The lowest BCUT2D eigenvalue weighted by atomic mass is 10.1. The third-order valence-corrected chi connectivity index (χ3v) is 8.16. The fraction of sp³-hybridized carbons (Fsp3) is 0.286. The van der Waals surface area contributed by atoms with Crippen molar-refractivity contribution in [2.45, 2.75) is 50.7 Å². The Kier molecular flexibility index (Phi) is 9.46. The molecular weight excluding hydrogens is 545 g/mol. The molecule has 0 bridgehead atoms. The van der Waals surface area contributed by atoms with Crippen molar-refractivity contribution < 1.29 is 18.0 Å². The molecule has 38 heavy (non-hydrogen) atoms. The molecule has 0 heterocycles. The number of nitrogens with one attached hydrogen (secondary N) is 1. The van der Waals surface area contributed by atoms with Crippen LogP contribution in [0.25, 0.3) is 0 Å². The van der Waals surface area contributed by atoms with E-state index in [0.717, 1.165) is 4.31 Å². The van der Waals surface area contributed by atoms with E-state index in [4.69, 9.17) is 23.2 Å². The number of carbonyl (C=O) groups is 2. The minimum absolute atomic E-state index is 0.00101. The van der Waals surface area contributed by atoms with Crippen LogP contribution >= 0.6 is 23.2 Å². The summed E-state index contributed by atoms with van der Waals surface area (Å²) in [5.41, 5.74) is 0.231. The van der Waals surface area contributed by atoms with Gasteiger partial charge in [-0.2, -0.15) is 0 Å². The van der Waals surface area contributed by atoms with Crippen LogP contribution in [0.2, 0.25) is 10.0 Å².